The number of rotatable bonds is 22. The molecule has 0 saturated heterocycles. The number of amides is 5. The van der Waals surface area contributed by atoms with Gasteiger partial charge < -0.3 is 54.0 Å². The first-order valence-electron chi connectivity index (χ1n) is 16.3. The van der Waals surface area contributed by atoms with E-state index in [2.05, 4.69) is 31.6 Å². The Morgan fingerprint density at radius 1 is 0.800 bits per heavy atom. The van der Waals surface area contributed by atoms with Crippen molar-refractivity contribution in [1.82, 2.24) is 26.6 Å². The molecule has 280 valence electrons. The quantitative estimate of drug-likeness (QED) is 0.0372. The van der Waals surface area contributed by atoms with Crippen LogP contribution in [0.2, 0.25) is 0 Å². The number of nitrogens with one attached hydrogen (secondary N) is 5. The first-order chi connectivity index (χ1) is 23.5. The van der Waals surface area contributed by atoms with Gasteiger partial charge in [0, 0.05) is 13.0 Å². The van der Waals surface area contributed by atoms with Gasteiger partial charge in [-0.25, -0.2) is 4.79 Å². The molecule has 0 bridgehead atoms. The van der Waals surface area contributed by atoms with Crippen LogP contribution in [0.3, 0.4) is 0 Å². The van der Waals surface area contributed by atoms with Crippen molar-refractivity contribution in [2.24, 2.45) is 34.0 Å². The molecule has 0 saturated carbocycles. The van der Waals surface area contributed by atoms with Crippen molar-refractivity contribution in [2.75, 3.05) is 25.1 Å². The van der Waals surface area contributed by atoms with Crippen LogP contribution in [0.4, 0.5) is 0 Å². The molecular formula is C32H53N9O8S. The molecule has 13 N–H and O–H groups in total. The third-order valence-electron chi connectivity index (χ3n) is 7.47. The number of hydrogen-bond acceptors (Lipinski definition) is 10. The largest absolute Gasteiger partial charge is 0.508 e. The lowest BCUT2D eigenvalue weighted by Gasteiger charge is -2.29. The topological polar surface area (TPSA) is 293 Å². The SMILES string of the molecule is CSCC[C@H](NC(=O)[C@@H](NC(=O)[C@@H](NC(=O)[C@H](Cc1ccc(O)cc1)NC(=O)CNC(=O)[C@@H](N)CCCN=C(N)N)C(C)C)C(C)C)C(=O)O. The van der Waals surface area contributed by atoms with Crippen molar-refractivity contribution in [3.63, 3.8) is 0 Å². The molecule has 0 spiro atoms. The highest BCUT2D eigenvalue weighted by molar-refractivity contribution is 7.98. The fraction of sp³-hybridized carbons (Fsp3) is 0.594. The number of nitrogens with two attached hydrogens (primary N) is 3. The third-order valence-corrected chi connectivity index (χ3v) is 8.12. The fourth-order valence-electron chi connectivity index (χ4n) is 4.59. The molecule has 0 aromatic heterocycles. The first kappa shape index (κ1) is 43.4. The minimum absolute atomic E-state index is 0.00430. The summed E-state index contributed by atoms with van der Waals surface area (Å²) in [5.41, 5.74) is 17.0. The van der Waals surface area contributed by atoms with Crippen molar-refractivity contribution in [3.8, 4) is 5.75 Å². The van der Waals surface area contributed by atoms with E-state index in [9.17, 15) is 39.0 Å². The molecule has 50 heavy (non-hydrogen) atoms. The second-order valence-electron chi connectivity index (χ2n) is 12.4. The predicted octanol–water partition coefficient (Wildman–Crippen LogP) is -1.48. The van der Waals surface area contributed by atoms with Gasteiger partial charge in [0.15, 0.2) is 5.96 Å². The van der Waals surface area contributed by atoms with Crippen LogP contribution in [0.15, 0.2) is 29.3 Å². The van der Waals surface area contributed by atoms with Crippen molar-refractivity contribution >= 4 is 53.2 Å². The number of carboxylic acid groups (broad SMARTS) is 1. The Kier molecular flexibility index (Phi) is 19.3. The summed E-state index contributed by atoms with van der Waals surface area (Å²) in [6.45, 7) is 6.53. The van der Waals surface area contributed by atoms with Crippen LogP contribution in [0, 0.1) is 11.8 Å². The Balaban J connectivity index is 3.07. The van der Waals surface area contributed by atoms with Gasteiger partial charge in [0.25, 0.3) is 0 Å². The van der Waals surface area contributed by atoms with Gasteiger partial charge in [-0.1, -0.05) is 39.8 Å². The van der Waals surface area contributed by atoms with Crippen LogP contribution in [0.5, 0.6) is 5.75 Å². The number of nitrogens with zero attached hydrogens (tertiary/aromatic N) is 1. The standard InChI is InChI=1S/C32H53N9O8S/c1-17(2)25(29(46)39-22(31(48)49)12-14-50-5)41-30(47)26(18(3)4)40-28(45)23(15-19-8-10-20(42)11-9-19)38-24(43)16-37-27(44)21(33)7-6-13-36-32(34)35/h8-11,17-18,21-23,25-26,42H,6-7,12-16,33H2,1-5H3,(H,37,44)(H,38,43)(H,39,46)(H,40,45)(H,41,47)(H,48,49)(H4,34,35,36)/t21-,22-,23-,25-,26-/m0/s1. The summed E-state index contributed by atoms with van der Waals surface area (Å²) in [4.78, 5) is 81.1. The van der Waals surface area contributed by atoms with Crippen LogP contribution < -0.4 is 43.8 Å². The number of phenolic OH excluding ortho intramolecular Hbond substituents is 1. The Morgan fingerprint density at radius 2 is 1.36 bits per heavy atom. The highest BCUT2D eigenvalue weighted by Gasteiger charge is 2.34. The van der Waals surface area contributed by atoms with Crippen LogP contribution >= 0.6 is 11.8 Å². The second-order valence-corrected chi connectivity index (χ2v) is 13.4. The summed E-state index contributed by atoms with van der Waals surface area (Å²) in [6, 6.07) is 0.402. The highest BCUT2D eigenvalue weighted by atomic mass is 32.2. The lowest BCUT2D eigenvalue weighted by atomic mass is 9.98. The Morgan fingerprint density at radius 3 is 1.88 bits per heavy atom. The molecule has 5 atom stereocenters. The smallest absolute Gasteiger partial charge is 0.326 e. The third kappa shape index (κ3) is 16.2. The first-order valence-corrected chi connectivity index (χ1v) is 17.6. The van der Waals surface area contributed by atoms with Gasteiger partial charge in [0.05, 0.1) is 12.6 Å². The maximum Gasteiger partial charge on any atom is 0.326 e. The van der Waals surface area contributed by atoms with Crippen LogP contribution in [-0.4, -0.2) is 107 Å². The molecule has 1 aromatic carbocycles. The molecular weight excluding hydrogens is 670 g/mol. The van der Waals surface area contributed by atoms with Gasteiger partial charge >= 0.3 is 5.97 Å². The van der Waals surface area contributed by atoms with E-state index in [1.807, 2.05) is 6.26 Å². The average molecular weight is 724 g/mol. The molecule has 18 heteroatoms. The summed E-state index contributed by atoms with van der Waals surface area (Å²) in [5, 5.41) is 32.1. The van der Waals surface area contributed by atoms with Gasteiger partial charge in [0.1, 0.15) is 29.9 Å². The summed E-state index contributed by atoms with van der Waals surface area (Å²) in [5.74, 6) is -5.07. The van der Waals surface area contributed by atoms with Gasteiger partial charge in [-0.05, 0) is 60.8 Å². The van der Waals surface area contributed by atoms with Crippen molar-refractivity contribution < 1.29 is 39.0 Å². The number of hydrogen-bond donors (Lipinski definition) is 10. The lowest BCUT2D eigenvalue weighted by Crippen LogP contribution is -2.60. The van der Waals surface area contributed by atoms with Crippen molar-refractivity contribution in [3.05, 3.63) is 29.8 Å². The van der Waals surface area contributed by atoms with E-state index in [1.54, 1.807) is 39.8 Å². The fourth-order valence-corrected chi connectivity index (χ4v) is 5.06. The molecule has 17 nitrogen and oxygen atoms in total. The van der Waals surface area contributed by atoms with Crippen LogP contribution in [0.1, 0.15) is 52.5 Å². The highest BCUT2D eigenvalue weighted by Crippen LogP contribution is 2.13. The second kappa shape index (κ2) is 22.2. The average Bonchev–Trinajstić information content (AvgIpc) is 3.04. The summed E-state index contributed by atoms with van der Waals surface area (Å²) in [6.07, 6.45) is 2.66. The van der Waals surface area contributed by atoms with Crippen LogP contribution in [0.25, 0.3) is 0 Å². The molecule has 0 aliphatic heterocycles. The predicted molar refractivity (Wildman–Crippen MR) is 191 cm³/mol. The van der Waals surface area contributed by atoms with E-state index in [0.29, 0.717) is 17.7 Å². The van der Waals surface area contributed by atoms with Crippen LogP contribution in [-0.2, 0) is 35.2 Å². The molecule has 0 heterocycles. The van der Waals surface area contributed by atoms with E-state index in [-0.39, 0.29) is 37.5 Å². The van der Waals surface area contributed by atoms with E-state index >= 15 is 0 Å². The monoisotopic (exact) mass is 723 g/mol. The number of guanidine groups is 1. The van der Waals surface area contributed by atoms with E-state index in [4.69, 9.17) is 17.2 Å². The van der Waals surface area contributed by atoms with E-state index in [0.717, 1.165) is 0 Å². The Labute approximate surface area is 296 Å². The number of aliphatic carboxylic acids is 1. The molecule has 1 aromatic rings. The number of carbonyl (C=O) groups is 6. The zero-order valence-electron chi connectivity index (χ0n) is 29.2. The van der Waals surface area contributed by atoms with Crippen molar-refractivity contribution in [1.29, 1.82) is 0 Å². The maximum atomic E-state index is 13.6. The normalized spacial score (nSPS) is 14.0. The number of phenols is 1. The minimum atomic E-state index is -1.22. The van der Waals surface area contributed by atoms with E-state index < -0.39 is 84.1 Å². The Bertz CT molecular complexity index is 1320. The summed E-state index contributed by atoms with van der Waals surface area (Å²) < 4.78 is 0. The molecule has 0 aliphatic rings. The lowest BCUT2D eigenvalue weighted by molar-refractivity contribution is -0.142. The molecule has 5 amide bonds. The molecule has 0 radical (unpaired) electrons. The Hall–Kier alpha value is -4.58. The molecule has 1 rings (SSSR count). The van der Waals surface area contributed by atoms with Gasteiger partial charge in [-0.2, -0.15) is 11.8 Å². The van der Waals surface area contributed by atoms with Gasteiger partial charge in [-0.15, -0.1) is 0 Å². The number of carbonyl (C=O) groups excluding carboxylic acids is 5. The van der Waals surface area contributed by atoms with Crippen molar-refractivity contribution in [2.45, 2.75) is 83.6 Å². The van der Waals surface area contributed by atoms with E-state index in [1.165, 1.54) is 23.9 Å². The summed E-state index contributed by atoms with van der Waals surface area (Å²) in [7, 11) is 0. The zero-order valence-corrected chi connectivity index (χ0v) is 30.0. The van der Waals surface area contributed by atoms with Gasteiger partial charge in [0.2, 0.25) is 29.5 Å². The number of carboxylic acids is 1. The molecule has 0 unspecified atom stereocenters. The number of benzene rings is 1. The minimum Gasteiger partial charge on any atom is -0.508 e. The summed E-state index contributed by atoms with van der Waals surface area (Å²) >= 11 is 1.43. The molecule has 0 fully saturated rings. The number of thioether (sulfide) groups is 1. The maximum absolute atomic E-state index is 13.6. The zero-order chi connectivity index (χ0) is 38.0. The van der Waals surface area contributed by atoms with Gasteiger partial charge in [-0.3, -0.25) is 29.0 Å². The molecule has 0 aliphatic carbocycles. The number of aliphatic imine (C=N–C) groups is 1. The number of aromatic hydroxyl groups is 1.